The molecule has 0 radical (unpaired) electrons. The van der Waals surface area contributed by atoms with Crippen molar-refractivity contribution in [1.29, 1.82) is 0 Å². The van der Waals surface area contributed by atoms with Gasteiger partial charge in [-0.3, -0.25) is 14.3 Å². The third-order valence-electron chi connectivity index (χ3n) is 4.09. The molecule has 3 rings (SSSR count). The van der Waals surface area contributed by atoms with E-state index < -0.39 is 0 Å². The Morgan fingerprint density at radius 3 is 2.80 bits per heavy atom. The number of rotatable bonds is 5. The van der Waals surface area contributed by atoms with Gasteiger partial charge in [0.05, 0.1) is 11.7 Å². The Labute approximate surface area is 149 Å². The fourth-order valence-corrected chi connectivity index (χ4v) is 3.53. The Morgan fingerprint density at radius 1 is 1.36 bits per heavy atom. The number of hydrogen-bond acceptors (Lipinski definition) is 4. The van der Waals surface area contributed by atoms with Crippen LogP contribution in [-0.2, 0) is 7.05 Å². The summed E-state index contributed by atoms with van der Waals surface area (Å²) in [7, 11) is 1.63. The summed E-state index contributed by atoms with van der Waals surface area (Å²) in [5.41, 5.74) is 2.87. The molecule has 3 aromatic rings. The number of hydrogen-bond donors (Lipinski definition) is 1. The van der Waals surface area contributed by atoms with Crippen LogP contribution in [0.5, 0.6) is 0 Å². The highest BCUT2D eigenvalue weighted by Crippen LogP contribution is 2.22. The van der Waals surface area contributed by atoms with Crippen molar-refractivity contribution >= 4 is 17.2 Å². The predicted molar refractivity (Wildman–Crippen MR) is 98.2 cm³/mol. The minimum Gasteiger partial charge on any atom is -0.349 e. The van der Waals surface area contributed by atoms with Crippen LogP contribution in [0.2, 0.25) is 0 Å². The predicted octanol–water partition coefficient (Wildman–Crippen LogP) is 2.28. The summed E-state index contributed by atoms with van der Waals surface area (Å²) in [6.07, 6.45) is 1.63. The van der Waals surface area contributed by atoms with Crippen LogP contribution in [0.3, 0.4) is 0 Å². The fourth-order valence-electron chi connectivity index (χ4n) is 2.83. The van der Waals surface area contributed by atoms with E-state index >= 15 is 0 Å². The Hall–Kier alpha value is -2.67. The van der Waals surface area contributed by atoms with Crippen molar-refractivity contribution in [3.05, 3.63) is 74.1 Å². The maximum Gasteiger partial charge on any atom is 0.263 e. The maximum atomic E-state index is 12.5. The van der Waals surface area contributed by atoms with Crippen LogP contribution in [0.4, 0.5) is 0 Å². The van der Waals surface area contributed by atoms with Crippen LogP contribution in [0.25, 0.3) is 0 Å². The van der Waals surface area contributed by atoms with E-state index in [4.69, 9.17) is 0 Å². The number of aryl methyl sites for hydroxylation is 3. The molecule has 0 aliphatic heterocycles. The number of carbonyl (C=O) groups is 1. The van der Waals surface area contributed by atoms with E-state index in [1.165, 1.54) is 4.57 Å². The second-order valence-electron chi connectivity index (χ2n) is 5.99. The normalized spacial score (nSPS) is 12.1. The molecule has 1 amide bonds. The fraction of sp³-hybridized carbons (Fsp3) is 0.278. The van der Waals surface area contributed by atoms with E-state index in [9.17, 15) is 9.59 Å². The lowest BCUT2D eigenvalue weighted by molar-refractivity contribution is 0.0947. The van der Waals surface area contributed by atoms with Gasteiger partial charge in [0.15, 0.2) is 0 Å². The van der Waals surface area contributed by atoms with Crippen molar-refractivity contribution in [1.82, 2.24) is 19.7 Å². The molecule has 0 fully saturated rings. The topological polar surface area (TPSA) is 68.9 Å². The lowest BCUT2D eigenvalue weighted by atomic mass is 10.1. The quantitative estimate of drug-likeness (QED) is 0.762. The van der Waals surface area contributed by atoms with Gasteiger partial charge in [-0.15, -0.1) is 0 Å². The Balaban J connectivity index is 1.84. The van der Waals surface area contributed by atoms with E-state index in [1.54, 1.807) is 36.7 Å². The summed E-state index contributed by atoms with van der Waals surface area (Å²) < 4.78 is 3.31. The number of nitrogens with zero attached hydrogens (tertiary/aromatic N) is 3. The van der Waals surface area contributed by atoms with Crippen molar-refractivity contribution in [3.63, 3.8) is 0 Å². The van der Waals surface area contributed by atoms with E-state index in [0.29, 0.717) is 6.54 Å². The zero-order chi connectivity index (χ0) is 18.0. The average molecular weight is 356 g/mol. The number of aromatic nitrogens is 3. The van der Waals surface area contributed by atoms with Gasteiger partial charge < -0.3 is 9.88 Å². The van der Waals surface area contributed by atoms with Crippen molar-refractivity contribution in [2.45, 2.75) is 19.9 Å². The highest BCUT2D eigenvalue weighted by molar-refractivity contribution is 7.07. The number of amides is 1. The number of thiophene rings is 1. The zero-order valence-corrected chi connectivity index (χ0v) is 15.2. The molecule has 0 aromatic carbocycles. The van der Waals surface area contributed by atoms with Crippen LogP contribution in [-0.4, -0.2) is 26.8 Å². The van der Waals surface area contributed by atoms with Gasteiger partial charge in [0.25, 0.3) is 11.5 Å². The molecule has 25 heavy (non-hydrogen) atoms. The molecule has 3 heterocycles. The molecule has 0 aliphatic rings. The lowest BCUT2D eigenvalue weighted by Crippen LogP contribution is -2.36. The highest BCUT2D eigenvalue weighted by Gasteiger charge is 2.20. The maximum absolute atomic E-state index is 12.5. The monoisotopic (exact) mass is 356 g/mol. The van der Waals surface area contributed by atoms with Gasteiger partial charge >= 0.3 is 0 Å². The lowest BCUT2D eigenvalue weighted by Gasteiger charge is -2.19. The molecular formula is C18H20N4O2S. The van der Waals surface area contributed by atoms with Crippen LogP contribution < -0.4 is 10.9 Å². The van der Waals surface area contributed by atoms with Crippen LogP contribution in [0, 0.1) is 13.8 Å². The summed E-state index contributed by atoms with van der Waals surface area (Å²) in [6.45, 7) is 4.30. The Kier molecular flexibility index (Phi) is 4.85. The summed E-state index contributed by atoms with van der Waals surface area (Å²) in [4.78, 5) is 24.6. The van der Waals surface area contributed by atoms with Gasteiger partial charge in [0.2, 0.25) is 0 Å². The zero-order valence-electron chi connectivity index (χ0n) is 14.4. The SMILES string of the molecule is Cc1cc(C)n([C@@H](CNC(=O)c2cccn(C)c2=O)c2ccsc2)n1. The molecule has 7 heteroatoms. The molecule has 0 saturated carbocycles. The molecule has 0 unspecified atom stereocenters. The summed E-state index contributed by atoms with van der Waals surface area (Å²) in [5, 5.41) is 11.5. The summed E-state index contributed by atoms with van der Waals surface area (Å²) >= 11 is 1.60. The second-order valence-corrected chi connectivity index (χ2v) is 6.77. The molecule has 0 aliphatic carbocycles. The second kappa shape index (κ2) is 7.06. The van der Waals surface area contributed by atoms with Crippen LogP contribution in [0.15, 0.2) is 46.0 Å². The first kappa shape index (κ1) is 17.2. The van der Waals surface area contributed by atoms with Crippen molar-refractivity contribution < 1.29 is 4.79 Å². The third-order valence-corrected chi connectivity index (χ3v) is 4.79. The molecule has 1 N–H and O–H groups in total. The van der Waals surface area contributed by atoms with Crippen LogP contribution >= 0.6 is 11.3 Å². The van der Waals surface area contributed by atoms with Crippen molar-refractivity contribution in [2.24, 2.45) is 7.05 Å². The smallest absolute Gasteiger partial charge is 0.263 e. The largest absolute Gasteiger partial charge is 0.349 e. The van der Waals surface area contributed by atoms with Gasteiger partial charge in [-0.2, -0.15) is 16.4 Å². The van der Waals surface area contributed by atoms with E-state index in [1.807, 2.05) is 36.0 Å². The molecule has 0 bridgehead atoms. The average Bonchev–Trinajstić information content (AvgIpc) is 3.20. The molecule has 6 nitrogen and oxygen atoms in total. The molecule has 130 valence electrons. The van der Waals surface area contributed by atoms with Crippen molar-refractivity contribution in [3.8, 4) is 0 Å². The third kappa shape index (κ3) is 3.56. The van der Waals surface area contributed by atoms with Gasteiger partial charge in [-0.25, -0.2) is 0 Å². The van der Waals surface area contributed by atoms with Crippen LogP contribution in [0.1, 0.15) is 33.4 Å². The van der Waals surface area contributed by atoms with Gasteiger partial charge in [0.1, 0.15) is 5.56 Å². The molecule has 0 saturated heterocycles. The number of pyridine rings is 1. The van der Waals surface area contributed by atoms with E-state index in [2.05, 4.69) is 15.8 Å². The van der Waals surface area contributed by atoms with Gasteiger partial charge in [0, 0.05) is 25.5 Å². The number of nitrogens with one attached hydrogen (secondary N) is 1. The minimum atomic E-state index is -0.372. The first-order chi connectivity index (χ1) is 12.0. The highest BCUT2D eigenvalue weighted by atomic mass is 32.1. The van der Waals surface area contributed by atoms with E-state index in [-0.39, 0.29) is 23.1 Å². The minimum absolute atomic E-state index is 0.114. The first-order valence-electron chi connectivity index (χ1n) is 7.96. The number of carbonyl (C=O) groups excluding carboxylic acids is 1. The van der Waals surface area contributed by atoms with Gasteiger partial charge in [-0.1, -0.05) is 0 Å². The first-order valence-corrected chi connectivity index (χ1v) is 8.90. The molecule has 1 atom stereocenters. The van der Waals surface area contributed by atoms with E-state index in [0.717, 1.165) is 17.0 Å². The molecule has 0 spiro atoms. The molecular weight excluding hydrogens is 336 g/mol. The van der Waals surface area contributed by atoms with Crippen molar-refractivity contribution in [2.75, 3.05) is 6.54 Å². The summed E-state index contributed by atoms with van der Waals surface area (Å²) in [5.74, 6) is -0.372. The Morgan fingerprint density at radius 2 is 2.16 bits per heavy atom. The Bertz CT molecular complexity index is 940. The molecule has 3 aromatic heterocycles. The summed E-state index contributed by atoms with van der Waals surface area (Å²) in [6, 6.07) is 7.15. The standard InChI is InChI=1S/C18H20N4O2S/c1-12-9-13(2)22(20-12)16(14-6-8-25-11-14)10-19-17(23)15-5-4-7-21(3)18(15)24/h4-9,11,16H,10H2,1-3H3,(H,19,23)/t16-/m0/s1. The van der Waals surface area contributed by atoms with Gasteiger partial charge in [-0.05, 0) is 54.4 Å².